The van der Waals surface area contributed by atoms with Gasteiger partial charge in [-0.2, -0.15) is 5.10 Å². The molecule has 5 aromatic rings. The van der Waals surface area contributed by atoms with Gasteiger partial charge in [0.2, 0.25) is 0 Å². The summed E-state index contributed by atoms with van der Waals surface area (Å²) >= 11 is 0. The van der Waals surface area contributed by atoms with E-state index >= 15 is 0 Å². The van der Waals surface area contributed by atoms with E-state index in [4.69, 9.17) is 4.74 Å². The number of nitrogens with one attached hydrogen (secondary N) is 1. The Labute approximate surface area is 190 Å². The van der Waals surface area contributed by atoms with Gasteiger partial charge in [-0.25, -0.2) is 4.98 Å². The minimum absolute atomic E-state index is 0.158. The van der Waals surface area contributed by atoms with Crippen LogP contribution in [0.25, 0.3) is 16.9 Å². The summed E-state index contributed by atoms with van der Waals surface area (Å²) in [5.74, 6) is 1.10. The molecule has 0 bridgehead atoms. The summed E-state index contributed by atoms with van der Waals surface area (Å²) in [5, 5.41) is 7.18. The molecule has 33 heavy (non-hydrogen) atoms. The Kier molecular flexibility index (Phi) is 5.32. The maximum Gasteiger partial charge on any atom is 0.251 e. The number of benzene rings is 1. The Morgan fingerprint density at radius 1 is 1.09 bits per heavy atom. The Morgan fingerprint density at radius 3 is 2.85 bits per heavy atom. The number of aromatic nitrogens is 5. The first-order valence-electron chi connectivity index (χ1n) is 10.5. The van der Waals surface area contributed by atoms with Gasteiger partial charge in [0.15, 0.2) is 0 Å². The third-order valence-corrected chi connectivity index (χ3v) is 5.39. The number of nitrogens with zero attached hydrogens (tertiary/aromatic N) is 5. The van der Waals surface area contributed by atoms with Crippen LogP contribution >= 0.6 is 0 Å². The Balaban J connectivity index is 1.31. The molecule has 5 rings (SSSR count). The van der Waals surface area contributed by atoms with E-state index in [0.29, 0.717) is 23.6 Å². The van der Waals surface area contributed by atoms with Gasteiger partial charge in [0.25, 0.3) is 5.91 Å². The molecule has 0 radical (unpaired) electrons. The highest BCUT2D eigenvalue weighted by molar-refractivity contribution is 5.96. The van der Waals surface area contributed by atoms with Gasteiger partial charge in [-0.15, -0.1) is 0 Å². The van der Waals surface area contributed by atoms with Crippen LogP contribution in [-0.4, -0.2) is 30.1 Å². The maximum absolute atomic E-state index is 12.9. The normalized spacial score (nSPS) is 11.0. The number of rotatable bonds is 6. The van der Waals surface area contributed by atoms with E-state index in [1.807, 2.05) is 67.3 Å². The SMILES string of the molecule is Cc1c(Oc2ccnc(-c3cnn(C)c3)c2)cccc1C(=O)NCc1ccc2nccn2c1. The van der Waals surface area contributed by atoms with Crippen molar-refractivity contribution in [2.45, 2.75) is 13.5 Å². The number of hydrogen-bond donors (Lipinski definition) is 1. The van der Waals surface area contributed by atoms with Crippen LogP contribution in [0.15, 0.2) is 79.6 Å². The van der Waals surface area contributed by atoms with Crippen LogP contribution in [0.5, 0.6) is 11.5 Å². The third-order valence-electron chi connectivity index (χ3n) is 5.39. The summed E-state index contributed by atoms with van der Waals surface area (Å²) in [4.78, 5) is 21.5. The second-order valence-electron chi connectivity index (χ2n) is 7.72. The fraction of sp³-hybridized carbons (Fsp3) is 0.120. The average molecular weight is 438 g/mol. The first kappa shape index (κ1) is 20.4. The van der Waals surface area contributed by atoms with Crippen molar-refractivity contribution in [1.29, 1.82) is 0 Å². The molecule has 0 unspecified atom stereocenters. The number of imidazole rings is 1. The second kappa shape index (κ2) is 8.58. The zero-order valence-corrected chi connectivity index (χ0v) is 18.3. The monoisotopic (exact) mass is 438 g/mol. The average Bonchev–Trinajstić information content (AvgIpc) is 3.47. The Bertz CT molecular complexity index is 1450. The number of amides is 1. The van der Waals surface area contributed by atoms with Gasteiger partial charge in [0.05, 0.1) is 11.9 Å². The van der Waals surface area contributed by atoms with E-state index in [1.165, 1.54) is 0 Å². The molecule has 0 saturated heterocycles. The number of carbonyl (C=O) groups is 1. The number of carbonyl (C=O) groups excluding carboxylic acids is 1. The van der Waals surface area contributed by atoms with E-state index in [-0.39, 0.29) is 5.91 Å². The Hall–Kier alpha value is -4.46. The lowest BCUT2D eigenvalue weighted by atomic mass is 10.1. The molecule has 1 aromatic carbocycles. The smallest absolute Gasteiger partial charge is 0.251 e. The van der Waals surface area contributed by atoms with Gasteiger partial charge in [-0.1, -0.05) is 12.1 Å². The van der Waals surface area contributed by atoms with Gasteiger partial charge in [-0.05, 0) is 36.8 Å². The summed E-state index contributed by atoms with van der Waals surface area (Å²) in [6, 6.07) is 13.0. The summed E-state index contributed by atoms with van der Waals surface area (Å²) in [7, 11) is 1.86. The predicted molar refractivity (Wildman–Crippen MR) is 124 cm³/mol. The first-order valence-corrected chi connectivity index (χ1v) is 10.5. The zero-order chi connectivity index (χ0) is 22.8. The van der Waals surface area contributed by atoms with Crippen molar-refractivity contribution in [2.24, 2.45) is 7.05 Å². The predicted octanol–water partition coefficient (Wildman–Crippen LogP) is 4.16. The van der Waals surface area contributed by atoms with Crippen LogP contribution in [0.4, 0.5) is 0 Å². The van der Waals surface area contributed by atoms with Crippen molar-refractivity contribution in [3.8, 4) is 22.8 Å². The maximum atomic E-state index is 12.9. The largest absolute Gasteiger partial charge is 0.457 e. The van der Waals surface area contributed by atoms with E-state index in [2.05, 4.69) is 20.4 Å². The molecule has 8 nitrogen and oxygen atoms in total. The van der Waals surface area contributed by atoms with Gasteiger partial charge in [-0.3, -0.25) is 14.5 Å². The summed E-state index contributed by atoms with van der Waals surface area (Å²) in [6.45, 7) is 2.29. The molecule has 4 aromatic heterocycles. The quantitative estimate of drug-likeness (QED) is 0.430. The lowest BCUT2D eigenvalue weighted by Gasteiger charge is -2.13. The molecule has 4 heterocycles. The van der Waals surface area contributed by atoms with Crippen LogP contribution in [0.1, 0.15) is 21.5 Å². The van der Waals surface area contributed by atoms with Crippen molar-refractivity contribution in [1.82, 2.24) is 29.5 Å². The standard InChI is InChI=1S/C25H22N6O2/c1-17-21(25(32)28-13-18-6-7-24-27-10-11-31(24)15-18)4-3-5-23(17)33-20-8-9-26-22(12-20)19-14-29-30(2)16-19/h3-12,14-16H,13H2,1-2H3,(H,28,32). The van der Waals surface area contributed by atoms with Crippen LogP contribution in [0.3, 0.4) is 0 Å². The topological polar surface area (TPSA) is 86.3 Å². The molecule has 0 saturated carbocycles. The highest BCUT2D eigenvalue weighted by atomic mass is 16.5. The number of pyridine rings is 2. The van der Waals surface area contributed by atoms with Crippen molar-refractivity contribution in [3.05, 3.63) is 96.3 Å². The highest BCUT2D eigenvalue weighted by Gasteiger charge is 2.14. The fourth-order valence-corrected chi connectivity index (χ4v) is 3.63. The molecule has 0 atom stereocenters. The van der Waals surface area contributed by atoms with Crippen LogP contribution < -0.4 is 10.1 Å². The molecule has 0 aliphatic rings. The minimum atomic E-state index is -0.158. The molecule has 8 heteroatoms. The summed E-state index contributed by atoms with van der Waals surface area (Å²) in [6.07, 6.45) is 10.9. The lowest BCUT2D eigenvalue weighted by Crippen LogP contribution is -2.23. The van der Waals surface area contributed by atoms with E-state index in [0.717, 1.165) is 28.0 Å². The van der Waals surface area contributed by atoms with E-state index < -0.39 is 0 Å². The molecule has 164 valence electrons. The molecular weight excluding hydrogens is 416 g/mol. The number of aryl methyl sites for hydroxylation is 1. The summed E-state index contributed by atoms with van der Waals surface area (Å²) in [5.41, 5.74) is 4.86. The molecule has 0 aliphatic heterocycles. The second-order valence-corrected chi connectivity index (χ2v) is 7.72. The summed E-state index contributed by atoms with van der Waals surface area (Å²) < 4.78 is 9.77. The Morgan fingerprint density at radius 2 is 2.00 bits per heavy atom. The molecule has 0 aliphatic carbocycles. The lowest BCUT2D eigenvalue weighted by molar-refractivity contribution is 0.0950. The van der Waals surface area contributed by atoms with Crippen LogP contribution in [-0.2, 0) is 13.6 Å². The van der Waals surface area contributed by atoms with Gasteiger partial charge >= 0.3 is 0 Å². The van der Waals surface area contributed by atoms with E-state index in [9.17, 15) is 4.79 Å². The number of fused-ring (bicyclic) bond motifs is 1. The van der Waals surface area contributed by atoms with Crippen LogP contribution in [0, 0.1) is 6.92 Å². The zero-order valence-electron chi connectivity index (χ0n) is 18.3. The first-order chi connectivity index (χ1) is 16.1. The molecule has 1 amide bonds. The van der Waals surface area contributed by atoms with E-state index in [1.54, 1.807) is 35.4 Å². The van der Waals surface area contributed by atoms with Gasteiger partial charge in [0, 0.05) is 67.3 Å². The van der Waals surface area contributed by atoms with Crippen molar-refractivity contribution >= 4 is 11.6 Å². The number of hydrogen-bond acceptors (Lipinski definition) is 5. The van der Waals surface area contributed by atoms with Gasteiger partial charge < -0.3 is 14.5 Å². The van der Waals surface area contributed by atoms with Crippen molar-refractivity contribution in [3.63, 3.8) is 0 Å². The highest BCUT2D eigenvalue weighted by Crippen LogP contribution is 2.29. The molecule has 0 spiro atoms. The van der Waals surface area contributed by atoms with Crippen LogP contribution in [0.2, 0.25) is 0 Å². The molecule has 1 N–H and O–H groups in total. The number of ether oxygens (including phenoxy) is 1. The molecular formula is C25H22N6O2. The fourth-order valence-electron chi connectivity index (χ4n) is 3.63. The minimum Gasteiger partial charge on any atom is -0.457 e. The van der Waals surface area contributed by atoms with Crippen molar-refractivity contribution < 1.29 is 9.53 Å². The third kappa shape index (κ3) is 4.31. The molecule has 0 fully saturated rings. The van der Waals surface area contributed by atoms with Gasteiger partial charge in [0.1, 0.15) is 17.1 Å². The van der Waals surface area contributed by atoms with Crippen molar-refractivity contribution in [2.75, 3.05) is 0 Å².